The van der Waals surface area contributed by atoms with E-state index in [0.29, 0.717) is 5.13 Å². The number of aromatic nitrogens is 2. The Morgan fingerprint density at radius 2 is 1.97 bits per heavy atom. The van der Waals surface area contributed by atoms with Crippen molar-refractivity contribution in [2.75, 3.05) is 12.0 Å². The Morgan fingerprint density at radius 3 is 2.73 bits per heavy atom. The quantitative estimate of drug-likeness (QED) is 0.373. The molecule has 5 nitrogen and oxygen atoms in total. The second-order valence-corrected chi connectivity index (χ2v) is 8.75. The van der Waals surface area contributed by atoms with Crippen molar-refractivity contribution in [2.45, 2.75) is 20.8 Å². The first kappa shape index (κ1) is 20.3. The minimum atomic E-state index is -0.0614. The maximum atomic E-state index is 12.4. The molecule has 0 spiro atoms. The van der Waals surface area contributed by atoms with E-state index in [0.717, 1.165) is 43.5 Å². The first-order chi connectivity index (χ1) is 14.5. The van der Waals surface area contributed by atoms with Gasteiger partial charge in [0, 0.05) is 12.3 Å². The van der Waals surface area contributed by atoms with Gasteiger partial charge >= 0.3 is 0 Å². The van der Waals surface area contributed by atoms with Crippen molar-refractivity contribution >= 4 is 61.8 Å². The van der Waals surface area contributed by atoms with Crippen LogP contribution in [0.5, 0.6) is 5.75 Å². The normalized spacial score (nSPS) is 11.3. The predicted octanol–water partition coefficient (Wildman–Crippen LogP) is 6.23. The summed E-state index contributed by atoms with van der Waals surface area (Å²) >= 11 is 3.05. The van der Waals surface area contributed by atoms with Gasteiger partial charge in [-0.2, -0.15) is 0 Å². The fourth-order valence-corrected chi connectivity index (χ4v) is 4.86. The molecular weight excluding hydrogens is 414 g/mol. The molecule has 4 rings (SSSR count). The maximum Gasteiger partial charge on any atom is 0.230 e. The van der Waals surface area contributed by atoms with Gasteiger partial charge in [-0.25, -0.2) is 9.97 Å². The zero-order valence-corrected chi connectivity index (χ0v) is 18.8. The van der Waals surface area contributed by atoms with Crippen molar-refractivity contribution < 1.29 is 9.53 Å². The fraction of sp³-hybridized carbons (Fsp3) is 0.174. The lowest BCUT2D eigenvalue weighted by Crippen LogP contribution is -2.23. The number of ether oxygens (including phenoxy) is 1. The van der Waals surface area contributed by atoms with Crippen LogP contribution in [-0.4, -0.2) is 23.0 Å². The van der Waals surface area contributed by atoms with Crippen LogP contribution < -0.4 is 9.64 Å². The largest absolute Gasteiger partial charge is 0.497 e. The van der Waals surface area contributed by atoms with Crippen LogP contribution in [0.25, 0.3) is 22.4 Å². The summed E-state index contributed by atoms with van der Waals surface area (Å²) in [6.45, 7) is 5.63. The summed E-state index contributed by atoms with van der Waals surface area (Å²) in [5.74, 6) is 0.760. The van der Waals surface area contributed by atoms with E-state index in [1.807, 2.05) is 67.8 Å². The average Bonchev–Trinajstić information content (AvgIpc) is 3.35. The van der Waals surface area contributed by atoms with E-state index in [9.17, 15) is 4.79 Å². The van der Waals surface area contributed by atoms with Gasteiger partial charge in [-0.15, -0.1) is 22.7 Å². The van der Waals surface area contributed by atoms with E-state index in [2.05, 4.69) is 9.97 Å². The van der Waals surface area contributed by atoms with Crippen LogP contribution in [0.15, 0.2) is 41.8 Å². The molecule has 0 fully saturated rings. The summed E-state index contributed by atoms with van der Waals surface area (Å²) in [4.78, 5) is 23.4. The van der Waals surface area contributed by atoms with E-state index in [-0.39, 0.29) is 5.91 Å². The summed E-state index contributed by atoms with van der Waals surface area (Å²) in [7, 11) is 1.66. The number of hydrogen-bond acceptors (Lipinski definition) is 6. The third-order valence-electron chi connectivity index (χ3n) is 4.84. The lowest BCUT2D eigenvalue weighted by atomic mass is 10.1. The Morgan fingerprint density at radius 1 is 1.13 bits per heavy atom. The van der Waals surface area contributed by atoms with Gasteiger partial charge in [0.1, 0.15) is 10.8 Å². The van der Waals surface area contributed by atoms with Gasteiger partial charge < -0.3 is 4.74 Å². The van der Waals surface area contributed by atoms with Crippen LogP contribution in [-0.2, 0) is 4.79 Å². The number of hydrogen-bond donors (Lipinski definition) is 0. The Labute approximate surface area is 183 Å². The van der Waals surface area contributed by atoms with Crippen molar-refractivity contribution in [3.05, 3.63) is 63.6 Å². The van der Waals surface area contributed by atoms with Crippen LogP contribution in [0.2, 0.25) is 0 Å². The van der Waals surface area contributed by atoms with Gasteiger partial charge in [0.2, 0.25) is 5.91 Å². The van der Waals surface area contributed by atoms with Gasteiger partial charge in [-0.05, 0) is 61.4 Å². The fourth-order valence-electron chi connectivity index (χ4n) is 3.12. The van der Waals surface area contributed by atoms with Crippen molar-refractivity contribution in [1.82, 2.24) is 9.97 Å². The number of nitrogens with zero attached hydrogens (tertiary/aromatic N) is 3. The summed E-state index contributed by atoms with van der Waals surface area (Å²) in [6, 6.07) is 11.8. The molecule has 1 amide bonds. The number of fused-ring (bicyclic) bond motifs is 1. The Balaban J connectivity index is 1.61. The first-order valence-corrected chi connectivity index (χ1v) is 11.1. The molecule has 2 aromatic carbocycles. The molecular formula is C23H21N3O2S2. The molecule has 4 aromatic rings. The smallest absolute Gasteiger partial charge is 0.230 e. The third-order valence-corrected chi connectivity index (χ3v) is 6.67. The first-order valence-electron chi connectivity index (χ1n) is 9.41. The lowest BCUT2D eigenvalue weighted by molar-refractivity contribution is -0.115. The minimum Gasteiger partial charge on any atom is -0.497 e. The monoisotopic (exact) mass is 435 g/mol. The molecule has 2 aromatic heterocycles. The predicted molar refractivity (Wildman–Crippen MR) is 126 cm³/mol. The molecule has 0 unspecified atom stereocenters. The Hall–Kier alpha value is -3.03. The van der Waals surface area contributed by atoms with Gasteiger partial charge in [-0.1, -0.05) is 12.1 Å². The standard InChI is InChI=1S/C23H21N3O2S2/c1-14-6-5-7-20(15(14)2)26(16(3)27)23-24-17(13-29-23)8-11-22-25-19-10-9-18(28-4)12-21(19)30-22/h5-13H,1-4H3/b11-8+. The Kier molecular flexibility index (Phi) is 5.65. The van der Waals surface area contributed by atoms with E-state index in [4.69, 9.17) is 4.74 Å². The summed E-state index contributed by atoms with van der Waals surface area (Å²) in [5.41, 5.74) is 4.82. The molecule has 0 radical (unpaired) electrons. The van der Waals surface area contributed by atoms with Gasteiger partial charge in [0.15, 0.2) is 5.13 Å². The van der Waals surface area contributed by atoms with Gasteiger partial charge in [0.05, 0.1) is 28.7 Å². The lowest BCUT2D eigenvalue weighted by Gasteiger charge is -2.21. The number of carbonyl (C=O) groups excluding carboxylic acids is 1. The number of thiazole rings is 2. The van der Waals surface area contributed by atoms with Crippen LogP contribution in [0.4, 0.5) is 10.8 Å². The summed E-state index contributed by atoms with van der Waals surface area (Å²) in [5, 5.41) is 3.50. The SMILES string of the molecule is COc1ccc2nc(/C=C/c3csc(N(C(C)=O)c4cccc(C)c4C)n3)sc2c1. The van der Waals surface area contributed by atoms with Gasteiger partial charge in [0.25, 0.3) is 0 Å². The highest BCUT2D eigenvalue weighted by Gasteiger charge is 2.19. The molecule has 0 aliphatic heterocycles. The zero-order chi connectivity index (χ0) is 21.3. The van der Waals surface area contributed by atoms with E-state index >= 15 is 0 Å². The highest BCUT2D eigenvalue weighted by Crippen LogP contribution is 2.33. The second kappa shape index (κ2) is 8.38. The number of methoxy groups -OCH3 is 1. The molecule has 152 valence electrons. The van der Waals surface area contributed by atoms with Crippen molar-refractivity contribution in [1.29, 1.82) is 0 Å². The zero-order valence-electron chi connectivity index (χ0n) is 17.2. The van der Waals surface area contributed by atoms with Crippen LogP contribution >= 0.6 is 22.7 Å². The van der Waals surface area contributed by atoms with Crippen molar-refractivity contribution in [3.8, 4) is 5.75 Å². The number of aryl methyl sites for hydroxylation is 1. The molecule has 0 bridgehead atoms. The van der Waals surface area contributed by atoms with E-state index in [1.165, 1.54) is 11.3 Å². The van der Waals surface area contributed by atoms with Crippen molar-refractivity contribution in [3.63, 3.8) is 0 Å². The molecule has 0 N–H and O–H groups in total. The maximum absolute atomic E-state index is 12.4. The highest BCUT2D eigenvalue weighted by atomic mass is 32.1. The van der Waals surface area contributed by atoms with Crippen LogP contribution in [0, 0.1) is 13.8 Å². The molecule has 0 saturated carbocycles. The molecule has 0 aliphatic rings. The number of amides is 1. The molecule has 0 atom stereocenters. The highest BCUT2D eigenvalue weighted by molar-refractivity contribution is 7.19. The molecule has 7 heteroatoms. The number of benzene rings is 2. The topological polar surface area (TPSA) is 55.3 Å². The van der Waals surface area contributed by atoms with Crippen LogP contribution in [0.3, 0.4) is 0 Å². The van der Waals surface area contributed by atoms with Crippen molar-refractivity contribution in [2.24, 2.45) is 0 Å². The second-order valence-electron chi connectivity index (χ2n) is 6.85. The number of rotatable bonds is 5. The summed E-state index contributed by atoms with van der Waals surface area (Å²) < 4.78 is 6.35. The minimum absolute atomic E-state index is 0.0614. The molecule has 0 saturated heterocycles. The molecule has 2 heterocycles. The van der Waals surface area contributed by atoms with E-state index < -0.39 is 0 Å². The number of carbonyl (C=O) groups is 1. The molecule has 30 heavy (non-hydrogen) atoms. The Bertz CT molecular complexity index is 1260. The average molecular weight is 436 g/mol. The molecule has 0 aliphatic carbocycles. The third kappa shape index (κ3) is 3.99. The van der Waals surface area contributed by atoms with Gasteiger partial charge in [-0.3, -0.25) is 9.69 Å². The number of anilines is 2. The van der Waals surface area contributed by atoms with E-state index in [1.54, 1.807) is 30.3 Å². The van der Waals surface area contributed by atoms with Crippen LogP contribution in [0.1, 0.15) is 28.8 Å². The summed E-state index contributed by atoms with van der Waals surface area (Å²) in [6.07, 6.45) is 3.88.